The van der Waals surface area contributed by atoms with Gasteiger partial charge in [0.1, 0.15) is 17.4 Å². The third-order valence-electron chi connectivity index (χ3n) is 2.98. The van der Waals surface area contributed by atoms with E-state index in [-0.39, 0.29) is 23.7 Å². The van der Waals surface area contributed by atoms with Gasteiger partial charge in [0, 0.05) is 6.54 Å². The molecule has 0 bridgehead atoms. The van der Waals surface area contributed by atoms with Gasteiger partial charge in [0.2, 0.25) is 0 Å². The smallest absolute Gasteiger partial charge is 0.319 e. The van der Waals surface area contributed by atoms with Gasteiger partial charge in [-0.25, -0.2) is 9.18 Å². The Bertz CT molecular complexity index is 581. The van der Waals surface area contributed by atoms with Gasteiger partial charge in [-0.15, -0.1) is 0 Å². The second-order valence-electron chi connectivity index (χ2n) is 4.80. The van der Waals surface area contributed by atoms with Crippen molar-refractivity contribution < 1.29 is 19.1 Å². The quantitative estimate of drug-likeness (QED) is 0.774. The van der Waals surface area contributed by atoms with E-state index in [1.165, 1.54) is 12.1 Å². The topological polar surface area (TPSA) is 102 Å². The summed E-state index contributed by atoms with van der Waals surface area (Å²) in [5, 5.41) is 22.6. The van der Waals surface area contributed by atoms with Gasteiger partial charge in [-0.2, -0.15) is 5.26 Å². The Morgan fingerprint density at radius 2 is 2.10 bits per heavy atom. The van der Waals surface area contributed by atoms with Gasteiger partial charge in [0.05, 0.1) is 11.6 Å². The second kappa shape index (κ2) is 7.24. The average Bonchev–Trinajstić information content (AvgIpc) is 2.38. The van der Waals surface area contributed by atoms with Crippen molar-refractivity contribution in [2.24, 2.45) is 11.8 Å². The molecule has 0 saturated heterocycles. The molecule has 112 valence electrons. The number of nitrogens with one attached hydrogen (secondary N) is 2. The minimum Gasteiger partial charge on any atom is -0.481 e. The SMILES string of the molecule is CC(C)C(CNC(=O)Nc1cccc(F)c1C#N)C(=O)O. The molecule has 0 spiro atoms. The van der Waals surface area contributed by atoms with E-state index in [4.69, 9.17) is 10.4 Å². The first kappa shape index (κ1) is 16.4. The molecule has 21 heavy (non-hydrogen) atoms. The first-order chi connectivity index (χ1) is 9.86. The molecule has 0 aliphatic heterocycles. The first-order valence-corrected chi connectivity index (χ1v) is 6.33. The van der Waals surface area contributed by atoms with Crippen LogP contribution in [0.3, 0.4) is 0 Å². The number of hydrogen-bond donors (Lipinski definition) is 3. The van der Waals surface area contributed by atoms with Crippen molar-refractivity contribution in [2.75, 3.05) is 11.9 Å². The fraction of sp³-hybridized carbons (Fsp3) is 0.357. The monoisotopic (exact) mass is 293 g/mol. The van der Waals surface area contributed by atoms with E-state index in [2.05, 4.69) is 10.6 Å². The lowest BCUT2D eigenvalue weighted by Crippen LogP contribution is -2.37. The van der Waals surface area contributed by atoms with E-state index < -0.39 is 23.7 Å². The molecule has 1 aromatic rings. The van der Waals surface area contributed by atoms with Crippen LogP contribution in [-0.4, -0.2) is 23.7 Å². The van der Waals surface area contributed by atoms with Crippen molar-refractivity contribution in [1.29, 1.82) is 5.26 Å². The van der Waals surface area contributed by atoms with Gasteiger partial charge < -0.3 is 15.7 Å². The molecule has 1 unspecified atom stereocenters. The van der Waals surface area contributed by atoms with Crippen LogP contribution in [0.2, 0.25) is 0 Å². The Labute approximate surface area is 121 Å². The molecule has 0 saturated carbocycles. The normalized spacial score (nSPS) is 11.6. The minimum absolute atomic E-state index is 0.0337. The summed E-state index contributed by atoms with van der Waals surface area (Å²) in [5.74, 6) is -2.61. The predicted molar refractivity (Wildman–Crippen MR) is 74.1 cm³/mol. The fourth-order valence-corrected chi connectivity index (χ4v) is 1.72. The molecule has 3 N–H and O–H groups in total. The standard InChI is InChI=1S/C14H16FN3O3/c1-8(2)10(13(19)20)7-17-14(21)18-12-5-3-4-11(15)9(12)6-16/h3-5,8,10H,7H2,1-2H3,(H,19,20)(H2,17,18,21). The molecule has 1 aromatic carbocycles. The van der Waals surface area contributed by atoms with Crippen LogP contribution in [-0.2, 0) is 4.79 Å². The number of nitriles is 1. The van der Waals surface area contributed by atoms with Crippen LogP contribution in [0, 0.1) is 29.0 Å². The van der Waals surface area contributed by atoms with Crippen LogP contribution < -0.4 is 10.6 Å². The van der Waals surface area contributed by atoms with Crippen molar-refractivity contribution in [3.05, 3.63) is 29.6 Å². The molecule has 0 fully saturated rings. The summed E-state index contributed by atoms with van der Waals surface area (Å²) in [6.45, 7) is 3.41. The highest BCUT2D eigenvalue weighted by Crippen LogP contribution is 2.17. The maximum atomic E-state index is 13.4. The number of urea groups is 1. The summed E-state index contributed by atoms with van der Waals surface area (Å²) in [6.07, 6.45) is 0. The molecule has 1 atom stereocenters. The lowest BCUT2D eigenvalue weighted by molar-refractivity contribution is -0.142. The summed E-state index contributed by atoms with van der Waals surface area (Å²) < 4.78 is 13.4. The zero-order valence-corrected chi connectivity index (χ0v) is 11.7. The molecular weight excluding hydrogens is 277 g/mol. The Balaban J connectivity index is 2.69. The van der Waals surface area contributed by atoms with Crippen molar-refractivity contribution in [2.45, 2.75) is 13.8 Å². The highest BCUT2D eigenvalue weighted by Gasteiger charge is 2.22. The number of carbonyl (C=O) groups is 2. The summed E-state index contributed by atoms with van der Waals surface area (Å²) in [6, 6.07) is 4.83. The highest BCUT2D eigenvalue weighted by molar-refractivity contribution is 5.91. The molecule has 0 aliphatic rings. The molecule has 0 aliphatic carbocycles. The Morgan fingerprint density at radius 1 is 1.43 bits per heavy atom. The number of carbonyl (C=O) groups excluding carboxylic acids is 1. The highest BCUT2D eigenvalue weighted by atomic mass is 19.1. The Hall–Kier alpha value is -2.62. The summed E-state index contributed by atoms with van der Waals surface area (Å²) >= 11 is 0. The third kappa shape index (κ3) is 4.45. The molecule has 7 heteroatoms. The van der Waals surface area contributed by atoms with Gasteiger partial charge >= 0.3 is 12.0 Å². The predicted octanol–water partition coefficient (Wildman–Crippen LogP) is 2.18. The number of rotatable bonds is 5. The van der Waals surface area contributed by atoms with Crippen LogP contribution in [0.5, 0.6) is 0 Å². The average molecular weight is 293 g/mol. The Kier molecular flexibility index (Phi) is 5.67. The Morgan fingerprint density at radius 3 is 2.62 bits per heavy atom. The largest absolute Gasteiger partial charge is 0.481 e. The number of carboxylic acid groups (broad SMARTS) is 1. The number of carboxylic acids is 1. The van der Waals surface area contributed by atoms with Crippen LogP contribution in [0.4, 0.5) is 14.9 Å². The molecule has 1 rings (SSSR count). The number of hydrogen-bond acceptors (Lipinski definition) is 3. The van der Waals surface area contributed by atoms with Gasteiger partial charge in [0.25, 0.3) is 0 Å². The number of halogens is 1. The molecular formula is C14H16FN3O3. The first-order valence-electron chi connectivity index (χ1n) is 6.33. The number of anilines is 1. The number of amides is 2. The minimum atomic E-state index is -1.01. The number of aliphatic carboxylic acids is 1. The molecule has 0 radical (unpaired) electrons. The number of nitrogens with zero attached hydrogens (tertiary/aromatic N) is 1. The molecule has 0 aromatic heterocycles. The second-order valence-corrected chi connectivity index (χ2v) is 4.80. The van der Waals surface area contributed by atoms with E-state index in [1.54, 1.807) is 19.9 Å². The van der Waals surface area contributed by atoms with Crippen LogP contribution in [0.25, 0.3) is 0 Å². The van der Waals surface area contributed by atoms with Gasteiger partial charge in [-0.1, -0.05) is 19.9 Å². The van der Waals surface area contributed by atoms with E-state index in [9.17, 15) is 14.0 Å². The van der Waals surface area contributed by atoms with Crippen molar-refractivity contribution in [3.63, 3.8) is 0 Å². The lowest BCUT2D eigenvalue weighted by atomic mass is 9.96. The lowest BCUT2D eigenvalue weighted by Gasteiger charge is -2.17. The van der Waals surface area contributed by atoms with Gasteiger partial charge in [0.15, 0.2) is 0 Å². The van der Waals surface area contributed by atoms with E-state index in [1.807, 2.05) is 0 Å². The van der Waals surface area contributed by atoms with Crippen molar-refractivity contribution in [1.82, 2.24) is 5.32 Å². The van der Waals surface area contributed by atoms with Crippen molar-refractivity contribution >= 4 is 17.7 Å². The molecule has 6 nitrogen and oxygen atoms in total. The van der Waals surface area contributed by atoms with Gasteiger partial charge in [-0.3, -0.25) is 4.79 Å². The maximum absolute atomic E-state index is 13.4. The zero-order valence-electron chi connectivity index (χ0n) is 11.7. The van der Waals surface area contributed by atoms with Crippen LogP contribution in [0.1, 0.15) is 19.4 Å². The van der Waals surface area contributed by atoms with E-state index >= 15 is 0 Å². The zero-order chi connectivity index (χ0) is 16.0. The maximum Gasteiger partial charge on any atom is 0.319 e. The van der Waals surface area contributed by atoms with E-state index in [0.29, 0.717) is 0 Å². The fourth-order valence-electron chi connectivity index (χ4n) is 1.72. The molecule has 0 heterocycles. The number of benzene rings is 1. The van der Waals surface area contributed by atoms with E-state index in [0.717, 1.165) is 6.07 Å². The molecule has 2 amide bonds. The summed E-state index contributed by atoms with van der Waals surface area (Å²) in [5.41, 5.74) is -0.238. The van der Waals surface area contributed by atoms with Crippen LogP contribution in [0.15, 0.2) is 18.2 Å². The summed E-state index contributed by atoms with van der Waals surface area (Å²) in [7, 11) is 0. The van der Waals surface area contributed by atoms with Crippen molar-refractivity contribution in [3.8, 4) is 6.07 Å². The van der Waals surface area contributed by atoms with Gasteiger partial charge in [-0.05, 0) is 18.1 Å². The van der Waals surface area contributed by atoms with Crippen LogP contribution >= 0.6 is 0 Å². The summed E-state index contributed by atoms with van der Waals surface area (Å²) in [4.78, 5) is 22.7. The third-order valence-corrected chi connectivity index (χ3v) is 2.98.